The maximum Gasteiger partial charge on any atom is 0.227 e. The average molecular weight is 300 g/mol. The van der Waals surface area contributed by atoms with Gasteiger partial charge in [0, 0.05) is 24.0 Å². The Morgan fingerprint density at radius 2 is 2.24 bits per heavy atom. The monoisotopic (exact) mass is 299 g/mol. The number of nitrogens with one attached hydrogen (secondary N) is 1. The Bertz CT molecular complexity index is 455. The topological polar surface area (TPSA) is 51.0 Å². The third-order valence-electron chi connectivity index (χ3n) is 2.17. The third kappa shape index (κ3) is 3.90. The summed E-state index contributed by atoms with van der Waals surface area (Å²) in [5.74, 6) is 0.353. The maximum atomic E-state index is 13.1. The van der Waals surface area contributed by atoms with E-state index in [0.717, 1.165) is 10.0 Å². The van der Waals surface area contributed by atoms with Crippen molar-refractivity contribution in [3.8, 4) is 0 Å². The molecule has 2 aromatic rings. The molecule has 0 aliphatic heterocycles. The molecule has 0 atom stereocenters. The number of benzene rings is 1. The fourth-order valence-electron chi connectivity index (χ4n) is 1.45. The lowest BCUT2D eigenvalue weighted by molar-refractivity contribution is 0.375. The molecule has 1 aromatic heterocycles. The highest BCUT2D eigenvalue weighted by Crippen LogP contribution is 2.14. The lowest BCUT2D eigenvalue weighted by Crippen LogP contribution is -2.16. The first-order chi connectivity index (χ1) is 8.24. The van der Waals surface area contributed by atoms with Gasteiger partial charge in [-0.25, -0.2) is 4.39 Å². The summed E-state index contributed by atoms with van der Waals surface area (Å²) in [6.07, 6.45) is 2.04. The number of hydrogen-bond acceptors (Lipinski definition) is 4. The number of hydrogen-bond donors (Lipinski definition) is 1. The van der Waals surface area contributed by atoms with E-state index in [4.69, 9.17) is 4.52 Å². The summed E-state index contributed by atoms with van der Waals surface area (Å²) in [5, 5.41) is 6.69. The Morgan fingerprint density at radius 3 is 2.94 bits per heavy atom. The van der Waals surface area contributed by atoms with Crippen LogP contribution in [0.25, 0.3) is 0 Å². The van der Waals surface area contributed by atoms with Gasteiger partial charge in [-0.15, -0.1) is 0 Å². The fraction of sp³-hybridized carbons (Fsp3) is 0.273. The summed E-state index contributed by atoms with van der Waals surface area (Å²) in [7, 11) is 0. The van der Waals surface area contributed by atoms with E-state index in [2.05, 4.69) is 31.4 Å². The van der Waals surface area contributed by atoms with Gasteiger partial charge in [0.2, 0.25) is 5.89 Å². The van der Waals surface area contributed by atoms with Crippen molar-refractivity contribution in [2.75, 3.05) is 6.54 Å². The molecule has 0 amide bonds. The van der Waals surface area contributed by atoms with Crippen molar-refractivity contribution < 1.29 is 8.91 Å². The van der Waals surface area contributed by atoms with Crippen LogP contribution in [0.3, 0.4) is 0 Å². The highest BCUT2D eigenvalue weighted by atomic mass is 79.9. The fourth-order valence-corrected chi connectivity index (χ4v) is 1.96. The number of aromatic nitrogens is 2. The van der Waals surface area contributed by atoms with Crippen LogP contribution in [-0.4, -0.2) is 16.7 Å². The van der Waals surface area contributed by atoms with Gasteiger partial charge in [0.15, 0.2) is 6.33 Å². The van der Waals surface area contributed by atoms with Crippen molar-refractivity contribution in [3.05, 3.63) is 46.3 Å². The van der Waals surface area contributed by atoms with E-state index in [-0.39, 0.29) is 5.82 Å². The van der Waals surface area contributed by atoms with Crippen LogP contribution in [0, 0.1) is 5.82 Å². The van der Waals surface area contributed by atoms with E-state index >= 15 is 0 Å². The van der Waals surface area contributed by atoms with Crippen molar-refractivity contribution in [1.82, 2.24) is 15.5 Å². The molecule has 1 aromatic carbocycles. The first-order valence-corrected chi connectivity index (χ1v) is 5.94. The molecule has 0 fully saturated rings. The number of rotatable bonds is 5. The highest BCUT2D eigenvalue weighted by Gasteiger charge is 2.00. The highest BCUT2D eigenvalue weighted by molar-refractivity contribution is 9.10. The molecule has 0 saturated carbocycles. The molecule has 2 rings (SSSR count). The predicted molar refractivity (Wildman–Crippen MR) is 63.8 cm³/mol. The lowest BCUT2D eigenvalue weighted by atomic mass is 10.2. The Hall–Kier alpha value is -1.27. The molecular weight excluding hydrogens is 289 g/mol. The molecule has 4 nitrogen and oxygen atoms in total. The summed E-state index contributed by atoms with van der Waals surface area (Å²) in [5.41, 5.74) is 0.891. The molecule has 0 bridgehead atoms. The third-order valence-corrected chi connectivity index (χ3v) is 2.63. The largest absolute Gasteiger partial charge is 0.340 e. The zero-order chi connectivity index (χ0) is 12.1. The predicted octanol–water partition coefficient (Wildman–Crippen LogP) is 2.30. The van der Waals surface area contributed by atoms with Gasteiger partial charge in [0.25, 0.3) is 0 Å². The Kier molecular flexibility index (Phi) is 4.22. The molecular formula is C11H11BrFN3O. The van der Waals surface area contributed by atoms with Gasteiger partial charge < -0.3 is 9.84 Å². The van der Waals surface area contributed by atoms with E-state index in [1.165, 1.54) is 18.5 Å². The van der Waals surface area contributed by atoms with Crippen molar-refractivity contribution in [3.63, 3.8) is 0 Å². The first kappa shape index (κ1) is 12.2. The lowest BCUT2D eigenvalue weighted by Gasteiger charge is -2.04. The average Bonchev–Trinajstić information content (AvgIpc) is 2.76. The van der Waals surface area contributed by atoms with E-state index in [9.17, 15) is 4.39 Å². The molecule has 0 aliphatic carbocycles. The van der Waals surface area contributed by atoms with Gasteiger partial charge in [-0.1, -0.05) is 21.1 Å². The molecule has 17 heavy (non-hydrogen) atoms. The SMILES string of the molecule is Fc1cc(Br)cc(CNCCc2ncno2)c1. The second-order valence-corrected chi connectivity index (χ2v) is 4.46. The molecule has 0 unspecified atom stereocenters. The van der Waals surface area contributed by atoms with Gasteiger partial charge in [-0.05, 0) is 23.8 Å². The van der Waals surface area contributed by atoms with Gasteiger partial charge in [-0.2, -0.15) is 4.98 Å². The summed E-state index contributed by atoms with van der Waals surface area (Å²) in [6.45, 7) is 1.31. The van der Waals surface area contributed by atoms with Crippen LogP contribution in [0.4, 0.5) is 4.39 Å². The minimum Gasteiger partial charge on any atom is -0.340 e. The van der Waals surface area contributed by atoms with Crippen LogP contribution in [0.2, 0.25) is 0 Å². The maximum absolute atomic E-state index is 13.1. The Balaban J connectivity index is 1.78. The van der Waals surface area contributed by atoms with Crippen molar-refractivity contribution in [2.45, 2.75) is 13.0 Å². The molecule has 1 heterocycles. The van der Waals surface area contributed by atoms with Gasteiger partial charge in [0.05, 0.1) is 0 Å². The zero-order valence-corrected chi connectivity index (χ0v) is 10.6. The van der Waals surface area contributed by atoms with Crippen LogP contribution in [0.5, 0.6) is 0 Å². The zero-order valence-electron chi connectivity index (χ0n) is 8.99. The van der Waals surface area contributed by atoms with E-state index in [1.807, 2.05) is 6.07 Å². The van der Waals surface area contributed by atoms with Crippen LogP contribution in [0.15, 0.2) is 33.5 Å². The Labute approximate surface area is 106 Å². The van der Waals surface area contributed by atoms with Gasteiger partial charge in [0.1, 0.15) is 5.82 Å². The second-order valence-electron chi connectivity index (χ2n) is 3.54. The summed E-state index contributed by atoms with van der Waals surface area (Å²) < 4.78 is 18.7. The van der Waals surface area contributed by atoms with E-state index in [0.29, 0.717) is 25.4 Å². The van der Waals surface area contributed by atoms with Gasteiger partial charge >= 0.3 is 0 Å². The smallest absolute Gasteiger partial charge is 0.227 e. The molecule has 90 valence electrons. The van der Waals surface area contributed by atoms with E-state index < -0.39 is 0 Å². The molecule has 0 spiro atoms. The van der Waals surface area contributed by atoms with Crippen LogP contribution < -0.4 is 5.32 Å². The first-order valence-electron chi connectivity index (χ1n) is 5.15. The molecule has 6 heteroatoms. The summed E-state index contributed by atoms with van der Waals surface area (Å²) >= 11 is 3.25. The number of nitrogens with zero attached hydrogens (tertiary/aromatic N) is 2. The molecule has 1 N–H and O–H groups in total. The second kappa shape index (κ2) is 5.88. The van der Waals surface area contributed by atoms with Crippen molar-refractivity contribution >= 4 is 15.9 Å². The van der Waals surface area contributed by atoms with E-state index in [1.54, 1.807) is 0 Å². The summed E-state index contributed by atoms with van der Waals surface area (Å²) in [4.78, 5) is 3.90. The van der Waals surface area contributed by atoms with Crippen molar-refractivity contribution in [1.29, 1.82) is 0 Å². The van der Waals surface area contributed by atoms with Crippen molar-refractivity contribution in [2.24, 2.45) is 0 Å². The number of halogens is 2. The summed E-state index contributed by atoms with van der Waals surface area (Å²) in [6, 6.07) is 4.81. The minimum atomic E-state index is -0.243. The van der Waals surface area contributed by atoms with Crippen LogP contribution >= 0.6 is 15.9 Å². The Morgan fingerprint density at radius 1 is 1.35 bits per heavy atom. The minimum absolute atomic E-state index is 0.243. The quantitative estimate of drug-likeness (QED) is 0.861. The normalized spacial score (nSPS) is 10.7. The van der Waals surface area contributed by atoms with Crippen LogP contribution in [-0.2, 0) is 13.0 Å². The molecule has 0 saturated heterocycles. The molecule has 0 aliphatic rings. The van der Waals surface area contributed by atoms with Crippen LogP contribution in [0.1, 0.15) is 11.5 Å². The standard InChI is InChI=1S/C11H11BrFN3O/c12-9-3-8(4-10(13)5-9)6-14-2-1-11-15-7-16-17-11/h3-5,7,14H,1-2,6H2. The van der Waals surface area contributed by atoms with Gasteiger partial charge in [-0.3, -0.25) is 0 Å². The molecule has 0 radical (unpaired) electrons.